The minimum atomic E-state index is 0.255. The van der Waals surface area contributed by atoms with Gasteiger partial charge < -0.3 is 9.52 Å². The summed E-state index contributed by atoms with van der Waals surface area (Å²) in [4.78, 5) is 0. The predicted molar refractivity (Wildman–Crippen MR) is 63.1 cm³/mol. The van der Waals surface area contributed by atoms with Crippen LogP contribution in [0.5, 0.6) is 5.75 Å². The number of rotatable bonds is 0. The van der Waals surface area contributed by atoms with Crippen molar-refractivity contribution in [3.63, 3.8) is 0 Å². The largest absolute Gasteiger partial charge is 0.508 e. The molecule has 3 aromatic rings. The Morgan fingerprint density at radius 3 is 2.80 bits per heavy atom. The molecule has 0 saturated heterocycles. The van der Waals surface area contributed by atoms with E-state index >= 15 is 0 Å². The highest BCUT2D eigenvalue weighted by Gasteiger charge is 2.09. The number of benzene rings is 2. The van der Waals surface area contributed by atoms with Crippen molar-refractivity contribution < 1.29 is 9.52 Å². The number of phenolic OH excluding ortho intramolecular Hbond substituents is 1. The predicted octanol–water partition coefficient (Wildman–Crippen LogP) is 4.05. The van der Waals surface area contributed by atoms with Crippen molar-refractivity contribution in [2.24, 2.45) is 0 Å². The van der Waals surface area contributed by atoms with Gasteiger partial charge in [-0.2, -0.15) is 0 Å². The second kappa shape index (κ2) is 3.00. The number of phenols is 1. The van der Waals surface area contributed by atoms with Gasteiger partial charge in [-0.1, -0.05) is 12.1 Å². The van der Waals surface area contributed by atoms with E-state index in [1.165, 1.54) is 0 Å². The minimum absolute atomic E-state index is 0.255. The van der Waals surface area contributed by atoms with Crippen molar-refractivity contribution >= 4 is 37.9 Å². The topological polar surface area (TPSA) is 33.4 Å². The first-order valence-electron chi connectivity index (χ1n) is 4.55. The molecule has 2 nitrogen and oxygen atoms in total. The van der Waals surface area contributed by atoms with Gasteiger partial charge in [-0.15, -0.1) is 0 Å². The number of halogens is 1. The van der Waals surface area contributed by atoms with Crippen molar-refractivity contribution in [2.75, 3.05) is 0 Å². The van der Waals surface area contributed by atoms with E-state index in [9.17, 15) is 5.11 Å². The maximum absolute atomic E-state index is 9.42. The Kier molecular flexibility index (Phi) is 1.76. The standard InChI is InChI=1S/C12H7BrO2/c13-10-3-1-2-8-9-6-7(14)4-5-11(9)15-12(8)10/h1-6,14H. The van der Waals surface area contributed by atoms with Gasteiger partial charge in [-0.3, -0.25) is 0 Å². The molecule has 2 aromatic carbocycles. The fourth-order valence-electron chi connectivity index (χ4n) is 1.75. The van der Waals surface area contributed by atoms with Gasteiger partial charge in [0.1, 0.15) is 16.9 Å². The quantitative estimate of drug-likeness (QED) is 0.663. The molecule has 3 rings (SSSR count). The molecule has 0 aliphatic carbocycles. The molecule has 0 spiro atoms. The van der Waals surface area contributed by atoms with Gasteiger partial charge in [-0.05, 0) is 40.2 Å². The average Bonchev–Trinajstić information content (AvgIpc) is 2.58. The van der Waals surface area contributed by atoms with E-state index in [0.717, 1.165) is 26.4 Å². The monoisotopic (exact) mass is 262 g/mol. The van der Waals surface area contributed by atoms with Crippen LogP contribution < -0.4 is 0 Å². The molecule has 3 heteroatoms. The third-order valence-corrected chi connectivity index (χ3v) is 3.06. The first-order valence-corrected chi connectivity index (χ1v) is 5.35. The first-order chi connectivity index (χ1) is 7.25. The molecular weight excluding hydrogens is 256 g/mol. The first kappa shape index (κ1) is 8.80. The summed E-state index contributed by atoms with van der Waals surface area (Å²) in [6.45, 7) is 0. The third kappa shape index (κ3) is 1.23. The van der Waals surface area contributed by atoms with Crippen molar-refractivity contribution in [3.8, 4) is 5.75 Å². The Balaban J connectivity index is 2.58. The smallest absolute Gasteiger partial charge is 0.149 e. The van der Waals surface area contributed by atoms with Crippen molar-refractivity contribution in [2.45, 2.75) is 0 Å². The molecule has 0 aliphatic heterocycles. The molecule has 1 aromatic heterocycles. The van der Waals surface area contributed by atoms with Gasteiger partial charge in [0.2, 0.25) is 0 Å². The molecule has 0 aliphatic rings. The summed E-state index contributed by atoms with van der Waals surface area (Å²) in [5.74, 6) is 0.255. The summed E-state index contributed by atoms with van der Waals surface area (Å²) in [7, 11) is 0. The lowest BCUT2D eigenvalue weighted by Gasteiger charge is -1.91. The van der Waals surface area contributed by atoms with Gasteiger partial charge in [-0.25, -0.2) is 0 Å². The lowest BCUT2D eigenvalue weighted by molar-refractivity contribution is 0.476. The molecule has 0 fully saturated rings. The molecule has 1 N–H and O–H groups in total. The summed E-state index contributed by atoms with van der Waals surface area (Å²) in [6, 6.07) is 11.0. The van der Waals surface area contributed by atoms with Crippen molar-refractivity contribution in [1.82, 2.24) is 0 Å². The number of furan rings is 1. The highest BCUT2D eigenvalue weighted by Crippen LogP contribution is 2.34. The van der Waals surface area contributed by atoms with E-state index in [4.69, 9.17) is 4.42 Å². The molecule has 0 amide bonds. The maximum Gasteiger partial charge on any atom is 0.149 e. The van der Waals surface area contributed by atoms with Crippen LogP contribution in [-0.2, 0) is 0 Å². The molecule has 15 heavy (non-hydrogen) atoms. The average molecular weight is 263 g/mol. The summed E-state index contributed by atoms with van der Waals surface area (Å²) in [5.41, 5.74) is 1.60. The SMILES string of the molecule is Oc1ccc2oc3c(Br)cccc3c2c1. The van der Waals surface area contributed by atoms with Crippen molar-refractivity contribution in [3.05, 3.63) is 40.9 Å². The van der Waals surface area contributed by atoms with Crippen LogP contribution in [0.25, 0.3) is 21.9 Å². The Morgan fingerprint density at radius 2 is 1.93 bits per heavy atom. The molecule has 74 valence electrons. The van der Waals surface area contributed by atoms with Gasteiger partial charge in [0.15, 0.2) is 0 Å². The van der Waals surface area contributed by atoms with E-state index in [2.05, 4.69) is 15.9 Å². The van der Waals surface area contributed by atoms with E-state index < -0.39 is 0 Å². The Labute approximate surface area is 94.3 Å². The Morgan fingerprint density at radius 1 is 1.07 bits per heavy atom. The molecular formula is C12H7BrO2. The lowest BCUT2D eigenvalue weighted by atomic mass is 10.1. The van der Waals surface area contributed by atoms with Crippen LogP contribution >= 0.6 is 15.9 Å². The third-order valence-electron chi connectivity index (χ3n) is 2.43. The van der Waals surface area contributed by atoms with Gasteiger partial charge in [0, 0.05) is 10.8 Å². The second-order valence-electron chi connectivity index (χ2n) is 3.40. The number of aromatic hydroxyl groups is 1. The molecule has 1 heterocycles. The van der Waals surface area contributed by atoms with E-state index in [1.54, 1.807) is 18.2 Å². The van der Waals surface area contributed by atoms with Crippen LogP contribution in [0.3, 0.4) is 0 Å². The lowest BCUT2D eigenvalue weighted by Crippen LogP contribution is -1.67. The number of hydrogen-bond donors (Lipinski definition) is 1. The van der Waals surface area contributed by atoms with Crippen LogP contribution in [0, 0.1) is 0 Å². The number of para-hydroxylation sites is 1. The Bertz CT molecular complexity index is 655. The molecule has 0 atom stereocenters. The van der Waals surface area contributed by atoms with Gasteiger partial charge >= 0.3 is 0 Å². The summed E-state index contributed by atoms with van der Waals surface area (Å²) in [6.07, 6.45) is 0. The molecule has 0 radical (unpaired) electrons. The fraction of sp³-hybridized carbons (Fsp3) is 0. The van der Waals surface area contributed by atoms with E-state index in [-0.39, 0.29) is 5.75 Å². The molecule has 0 unspecified atom stereocenters. The maximum atomic E-state index is 9.42. The van der Waals surface area contributed by atoms with Crippen LogP contribution in [0.1, 0.15) is 0 Å². The fourth-order valence-corrected chi connectivity index (χ4v) is 2.20. The zero-order valence-corrected chi connectivity index (χ0v) is 9.28. The number of hydrogen-bond acceptors (Lipinski definition) is 2. The second-order valence-corrected chi connectivity index (χ2v) is 4.25. The summed E-state index contributed by atoms with van der Waals surface area (Å²) < 4.78 is 6.61. The van der Waals surface area contributed by atoms with E-state index in [1.807, 2.05) is 18.2 Å². The Hall–Kier alpha value is -1.48. The van der Waals surface area contributed by atoms with Crippen molar-refractivity contribution in [1.29, 1.82) is 0 Å². The summed E-state index contributed by atoms with van der Waals surface area (Å²) >= 11 is 3.44. The highest BCUT2D eigenvalue weighted by molar-refractivity contribution is 9.10. The normalized spacial score (nSPS) is 11.3. The zero-order valence-electron chi connectivity index (χ0n) is 7.70. The van der Waals surface area contributed by atoms with E-state index in [0.29, 0.717) is 0 Å². The number of fused-ring (bicyclic) bond motifs is 3. The van der Waals surface area contributed by atoms with Crippen LogP contribution in [-0.4, -0.2) is 5.11 Å². The highest BCUT2D eigenvalue weighted by atomic mass is 79.9. The summed E-state index contributed by atoms with van der Waals surface area (Å²) in [5, 5.41) is 11.4. The van der Waals surface area contributed by atoms with Crippen LogP contribution in [0.15, 0.2) is 45.3 Å². The molecule has 0 saturated carbocycles. The molecule has 0 bridgehead atoms. The van der Waals surface area contributed by atoms with Gasteiger partial charge in [0.25, 0.3) is 0 Å². The van der Waals surface area contributed by atoms with Gasteiger partial charge in [0.05, 0.1) is 4.47 Å². The minimum Gasteiger partial charge on any atom is -0.508 e. The van der Waals surface area contributed by atoms with Crippen LogP contribution in [0.2, 0.25) is 0 Å². The zero-order chi connectivity index (χ0) is 10.4. The van der Waals surface area contributed by atoms with Crippen LogP contribution in [0.4, 0.5) is 0 Å².